The van der Waals surface area contributed by atoms with Crippen LogP contribution in [0.5, 0.6) is 0 Å². The van der Waals surface area contributed by atoms with Crippen molar-refractivity contribution in [3.63, 3.8) is 0 Å². The zero-order valence-electron chi connectivity index (χ0n) is 23.8. The van der Waals surface area contributed by atoms with E-state index in [4.69, 9.17) is 9.97 Å². The maximum absolute atomic E-state index is 13.3. The van der Waals surface area contributed by atoms with Crippen LogP contribution in [0.4, 0.5) is 10.3 Å². The first kappa shape index (κ1) is 28.3. The molecule has 1 atom stereocenters. The number of aliphatic hydroxyl groups excluding tert-OH is 1. The molecule has 1 saturated carbocycles. The first-order valence-electron chi connectivity index (χ1n) is 15.4. The maximum atomic E-state index is 13.3. The third kappa shape index (κ3) is 6.56. The number of hydrogen-bond acceptors (Lipinski definition) is 6. The number of alkyl halides is 1. The number of rotatable bonds is 9. The van der Waals surface area contributed by atoms with E-state index in [1.165, 1.54) is 5.56 Å². The van der Waals surface area contributed by atoms with E-state index >= 15 is 0 Å². The van der Waals surface area contributed by atoms with Crippen molar-refractivity contribution in [3.8, 4) is 0 Å². The second kappa shape index (κ2) is 12.9. The van der Waals surface area contributed by atoms with Crippen LogP contribution in [0.2, 0.25) is 0 Å². The van der Waals surface area contributed by atoms with Crippen molar-refractivity contribution in [1.29, 1.82) is 0 Å². The van der Waals surface area contributed by atoms with Gasteiger partial charge in [0.15, 0.2) is 0 Å². The van der Waals surface area contributed by atoms with Crippen molar-refractivity contribution in [1.82, 2.24) is 24.3 Å². The lowest BCUT2D eigenvalue weighted by Crippen LogP contribution is -2.45. The Bertz CT molecular complexity index is 1080. The molecule has 3 fully saturated rings. The number of likely N-dealkylation sites (tertiary alicyclic amines) is 2. The molecule has 0 aromatic carbocycles. The van der Waals surface area contributed by atoms with Crippen LogP contribution >= 0.6 is 0 Å². The lowest BCUT2D eigenvalue weighted by molar-refractivity contribution is -0.138. The van der Waals surface area contributed by atoms with Gasteiger partial charge in [-0.1, -0.05) is 13.3 Å². The van der Waals surface area contributed by atoms with E-state index in [2.05, 4.69) is 39.7 Å². The fourth-order valence-corrected chi connectivity index (χ4v) is 6.98. The fourth-order valence-electron chi connectivity index (χ4n) is 6.98. The molecule has 2 aromatic heterocycles. The van der Waals surface area contributed by atoms with Crippen molar-refractivity contribution in [3.05, 3.63) is 18.0 Å². The third-order valence-electron chi connectivity index (χ3n) is 9.34. The number of amides is 1. The Morgan fingerprint density at radius 2 is 1.82 bits per heavy atom. The first-order chi connectivity index (χ1) is 19.0. The SMILES string of the molecule is CCCC(C)Nc1ncc2c(C3CCN(C(=O)C4CCN(CCF)CC4)CC3)cn(C3CCC(O)CC3)c2n1. The quantitative estimate of drug-likeness (QED) is 0.469. The number of anilines is 1. The summed E-state index contributed by atoms with van der Waals surface area (Å²) in [7, 11) is 0. The van der Waals surface area contributed by atoms with E-state index in [9.17, 15) is 14.3 Å². The topological polar surface area (TPSA) is 86.5 Å². The zero-order valence-corrected chi connectivity index (χ0v) is 23.8. The maximum Gasteiger partial charge on any atom is 0.225 e. The molecule has 39 heavy (non-hydrogen) atoms. The number of halogens is 1. The number of nitrogens with zero attached hydrogens (tertiary/aromatic N) is 5. The lowest BCUT2D eigenvalue weighted by atomic mass is 9.88. The van der Waals surface area contributed by atoms with Gasteiger partial charge >= 0.3 is 0 Å². The van der Waals surface area contributed by atoms with E-state index in [1.807, 2.05) is 6.20 Å². The van der Waals surface area contributed by atoms with E-state index in [-0.39, 0.29) is 24.6 Å². The standard InChI is InChI=1S/C30H47FN6O2/c1-3-4-21(2)33-30-32-19-26-27(20-37(28(26)34-30)24-5-7-25(38)8-6-24)22-11-16-36(17-12-22)29(39)23-9-14-35(15-10-23)18-13-31/h19-25,38H,3-18H2,1-2H3,(H,32,33,34). The second-order valence-corrected chi connectivity index (χ2v) is 12.1. The van der Waals surface area contributed by atoms with Gasteiger partial charge in [0.1, 0.15) is 12.3 Å². The summed E-state index contributed by atoms with van der Waals surface area (Å²) in [6.07, 6.45) is 13.4. The van der Waals surface area contributed by atoms with Crippen LogP contribution in [0.3, 0.4) is 0 Å². The molecular formula is C30H47FN6O2. The van der Waals surface area contributed by atoms with Crippen molar-refractivity contribution < 1.29 is 14.3 Å². The number of aliphatic hydroxyl groups is 1. The molecule has 2 saturated heterocycles. The van der Waals surface area contributed by atoms with E-state index < -0.39 is 0 Å². The Balaban J connectivity index is 1.30. The molecule has 216 valence electrons. The highest BCUT2D eigenvalue weighted by atomic mass is 19.1. The number of nitrogens with one attached hydrogen (secondary N) is 1. The summed E-state index contributed by atoms with van der Waals surface area (Å²) in [6, 6.07) is 0.656. The Morgan fingerprint density at radius 3 is 2.49 bits per heavy atom. The molecule has 1 aliphatic carbocycles. The number of carbonyl (C=O) groups excluding carboxylic acids is 1. The van der Waals surface area contributed by atoms with E-state index in [0.717, 1.165) is 101 Å². The Hall–Kier alpha value is -2.26. The van der Waals surface area contributed by atoms with Gasteiger partial charge in [0.05, 0.1) is 6.10 Å². The van der Waals surface area contributed by atoms with Gasteiger partial charge in [-0.15, -0.1) is 0 Å². The minimum Gasteiger partial charge on any atom is -0.393 e. The molecule has 8 nitrogen and oxygen atoms in total. The van der Waals surface area contributed by atoms with Crippen LogP contribution in [-0.2, 0) is 4.79 Å². The summed E-state index contributed by atoms with van der Waals surface area (Å²) in [4.78, 5) is 27.2. The number of hydrogen-bond donors (Lipinski definition) is 2. The molecule has 0 radical (unpaired) electrons. The van der Waals surface area contributed by atoms with Crippen LogP contribution in [0.25, 0.3) is 11.0 Å². The molecule has 2 aromatic rings. The van der Waals surface area contributed by atoms with Gasteiger partial charge in [-0.2, -0.15) is 4.98 Å². The van der Waals surface area contributed by atoms with Crippen LogP contribution in [0.1, 0.15) is 95.6 Å². The van der Waals surface area contributed by atoms with Crippen molar-refractivity contribution >= 4 is 22.9 Å². The Kier molecular flexibility index (Phi) is 9.38. The number of carbonyl (C=O) groups is 1. The van der Waals surface area contributed by atoms with Crippen LogP contribution in [0.15, 0.2) is 12.4 Å². The molecule has 2 aliphatic heterocycles. The average Bonchev–Trinajstić information content (AvgIpc) is 3.33. The fraction of sp³-hybridized carbons (Fsp3) is 0.767. The summed E-state index contributed by atoms with van der Waals surface area (Å²) < 4.78 is 15.0. The van der Waals surface area contributed by atoms with Crippen molar-refractivity contribution in [2.75, 3.05) is 44.7 Å². The lowest BCUT2D eigenvalue weighted by Gasteiger charge is -2.37. The van der Waals surface area contributed by atoms with Gasteiger partial charge in [0.2, 0.25) is 11.9 Å². The number of fused-ring (bicyclic) bond motifs is 1. The second-order valence-electron chi connectivity index (χ2n) is 12.1. The van der Waals surface area contributed by atoms with Crippen LogP contribution in [0, 0.1) is 5.92 Å². The minimum atomic E-state index is -0.313. The van der Waals surface area contributed by atoms with Gasteiger partial charge in [0, 0.05) is 55.4 Å². The first-order valence-corrected chi connectivity index (χ1v) is 15.4. The zero-order chi connectivity index (χ0) is 27.4. The van der Waals surface area contributed by atoms with Crippen molar-refractivity contribution in [2.24, 2.45) is 5.92 Å². The minimum absolute atomic E-state index is 0.0791. The van der Waals surface area contributed by atoms with Gasteiger partial charge in [-0.3, -0.25) is 4.79 Å². The summed E-state index contributed by atoms with van der Waals surface area (Å²) in [5, 5.41) is 14.7. The highest BCUT2D eigenvalue weighted by Gasteiger charge is 2.33. The largest absolute Gasteiger partial charge is 0.393 e. The molecule has 9 heteroatoms. The molecule has 3 aliphatic rings. The smallest absolute Gasteiger partial charge is 0.225 e. The predicted octanol–water partition coefficient (Wildman–Crippen LogP) is 4.90. The summed E-state index contributed by atoms with van der Waals surface area (Å²) in [5.74, 6) is 1.43. The molecule has 1 amide bonds. The third-order valence-corrected chi connectivity index (χ3v) is 9.34. The molecular weight excluding hydrogens is 495 g/mol. The molecule has 5 rings (SSSR count). The summed E-state index contributed by atoms with van der Waals surface area (Å²) in [6.45, 7) is 7.74. The van der Waals surface area contributed by atoms with Gasteiger partial charge in [0.25, 0.3) is 0 Å². The molecule has 2 N–H and O–H groups in total. The van der Waals surface area contributed by atoms with Crippen LogP contribution in [-0.4, -0.2) is 86.9 Å². The molecule has 0 spiro atoms. The predicted molar refractivity (Wildman–Crippen MR) is 153 cm³/mol. The van der Waals surface area contributed by atoms with E-state index in [1.54, 1.807) is 0 Å². The van der Waals surface area contributed by atoms with Gasteiger partial charge in [-0.05, 0) is 89.3 Å². The molecule has 4 heterocycles. The van der Waals surface area contributed by atoms with E-state index in [0.29, 0.717) is 30.5 Å². The number of piperidine rings is 2. The Morgan fingerprint density at radius 1 is 1.10 bits per heavy atom. The highest BCUT2D eigenvalue weighted by Crippen LogP contribution is 2.38. The summed E-state index contributed by atoms with van der Waals surface area (Å²) >= 11 is 0. The summed E-state index contributed by atoms with van der Waals surface area (Å²) in [5.41, 5.74) is 2.29. The van der Waals surface area contributed by atoms with Crippen LogP contribution < -0.4 is 5.32 Å². The average molecular weight is 543 g/mol. The monoisotopic (exact) mass is 542 g/mol. The van der Waals surface area contributed by atoms with Crippen molar-refractivity contribution in [2.45, 2.75) is 102 Å². The normalized spacial score (nSPS) is 24.8. The Labute approximate surface area is 232 Å². The highest BCUT2D eigenvalue weighted by molar-refractivity contribution is 5.82. The number of aromatic nitrogens is 3. The molecule has 1 unspecified atom stereocenters. The van der Waals surface area contributed by atoms with Gasteiger partial charge < -0.3 is 24.8 Å². The molecule has 0 bridgehead atoms. The van der Waals surface area contributed by atoms with Gasteiger partial charge in [-0.25, -0.2) is 9.37 Å².